The van der Waals surface area contributed by atoms with Crippen LogP contribution in [-0.2, 0) is 6.42 Å². The van der Waals surface area contributed by atoms with Crippen molar-refractivity contribution in [1.82, 2.24) is 0 Å². The third kappa shape index (κ3) is 4.79. The van der Waals surface area contributed by atoms with Crippen LogP contribution in [0.2, 0.25) is 0 Å². The van der Waals surface area contributed by atoms with Crippen molar-refractivity contribution in [3.8, 4) is 55.6 Å². The fourth-order valence-corrected chi connectivity index (χ4v) is 6.17. The van der Waals surface area contributed by atoms with E-state index in [1.54, 1.807) is 36.4 Å². The summed E-state index contributed by atoms with van der Waals surface area (Å²) in [6, 6.07) is 43.5. The summed E-state index contributed by atoms with van der Waals surface area (Å²) in [6.07, 6.45) is 0.813. The van der Waals surface area contributed by atoms with Gasteiger partial charge in [-0.3, -0.25) is 0 Å². The summed E-state index contributed by atoms with van der Waals surface area (Å²) in [5, 5.41) is 19.1. The van der Waals surface area contributed by atoms with Gasteiger partial charge in [-0.15, -0.1) is 0 Å². The van der Waals surface area contributed by atoms with Crippen molar-refractivity contribution < 1.29 is 19.8 Å². The van der Waals surface area contributed by atoms with Gasteiger partial charge in [0.05, 0.1) is 11.1 Å². The Hall–Kier alpha value is -5.74. The first-order valence-corrected chi connectivity index (χ1v) is 14.1. The van der Waals surface area contributed by atoms with Crippen molar-refractivity contribution in [3.05, 3.63) is 156 Å². The SMILES string of the molecule is O=C(O)c1cccc(-c2cccc(-c3ccc4c(c3-c3cccc(-c5cccc(C(=O)O)c5)c3)Cc3ccccc3-4)c2)c1. The van der Waals surface area contributed by atoms with Crippen LogP contribution in [0.15, 0.2) is 133 Å². The van der Waals surface area contributed by atoms with Crippen LogP contribution in [0.4, 0.5) is 0 Å². The summed E-state index contributed by atoms with van der Waals surface area (Å²) in [5.41, 5.74) is 13.4. The van der Waals surface area contributed by atoms with Gasteiger partial charge in [0.25, 0.3) is 0 Å². The van der Waals surface area contributed by atoms with Crippen LogP contribution < -0.4 is 0 Å². The minimum Gasteiger partial charge on any atom is -0.478 e. The van der Waals surface area contributed by atoms with E-state index in [0.717, 1.165) is 50.9 Å². The number of aromatic carboxylic acids is 2. The van der Waals surface area contributed by atoms with E-state index in [4.69, 9.17) is 0 Å². The molecule has 206 valence electrons. The molecule has 0 saturated heterocycles. The molecule has 2 N–H and O–H groups in total. The highest BCUT2D eigenvalue weighted by atomic mass is 16.4. The Morgan fingerprint density at radius 1 is 0.442 bits per heavy atom. The van der Waals surface area contributed by atoms with Crippen LogP contribution in [0.25, 0.3) is 55.6 Å². The quantitative estimate of drug-likeness (QED) is 0.213. The average Bonchev–Trinajstić information content (AvgIpc) is 3.43. The first kappa shape index (κ1) is 26.2. The zero-order chi connectivity index (χ0) is 29.5. The standard InChI is InChI=1S/C39H26O4/c40-38(41)31-14-5-10-26(21-31)24-8-3-12-28(19-24)34-17-18-35-33-16-2-1-7-29(33)23-36(35)37(34)30-13-4-9-25(20-30)27-11-6-15-32(22-27)39(42)43/h1-22H,23H2,(H,40,41)(H,42,43). The van der Waals surface area contributed by atoms with E-state index in [1.165, 1.54) is 22.3 Å². The normalized spacial score (nSPS) is 11.5. The molecule has 4 heteroatoms. The van der Waals surface area contributed by atoms with Crippen LogP contribution in [0, 0.1) is 0 Å². The van der Waals surface area contributed by atoms with Crippen molar-refractivity contribution in [2.45, 2.75) is 6.42 Å². The molecule has 1 aliphatic carbocycles. The number of carboxylic acid groups (broad SMARTS) is 2. The topological polar surface area (TPSA) is 74.6 Å². The molecule has 0 aliphatic heterocycles. The molecular formula is C39H26O4. The molecule has 6 aromatic carbocycles. The van der Waals surface area contributed by atoms with Gasteiger partial charge in [0.1, 0.15) is 0 Å². The van der Waals surface area contributed by atoms with Crippen molar-refractivity contribution in [2.75, 3.05) is 0 Å². The highest BCUT2D eigenvalue weighted by Crippen LogP contribution is 2.46. The second kappa shape index (κ2) is 10.6. The van der Waals surface area contributed by atoms with E-state index < -0.39 is 11.9 Å². The third-order valence-corrected chi connectivity index (χ3v) is 8.20. The Bertz CT molecular complexity index is 2070. The highest BCUT2D eigenvalue weighted by Gasteiger charge is 2.24. The second-order valence-corrected chi connectivity index (χ2v) is 10.8. The third-order valence-electron chi connectivity index (χ3n) is 8.20. The monoisotopic (exact) mass is 558 g/mol. The molecule has 43 heavy (non-hydrogen) atoms. The van der Waals surface area contributed by atoms with Crippen molar-refractivity contribution in [3.63, 3.8) is 0 Å². The van der Waals surface area contributed by atoms with Gasteiger partial charge in [0.15, 0.2) is 0 Å². The molecule has 0 unspecified atom stereocenters. The van der Waals surface area contributed by atoms with Crippen LogP contribution >= 0.6 is 0 Å². The summed E-state index contributed by atoms with van der Waals surface area (Å²) in [5.74, 6) is -1.90. The number of fused-ring (bicyclic) bond motifs is 3. The second-order valence-electron chi connectivity index (χ2n) is 10.8. The lowest BCUT2D eigenvalue weighted by Gasteiger charge is -2.18. The van der Waals surface area contributed by atoms with Crippen molar-refractivity contribution >= 4 is 11.9 Å². The minimum atomic E-state index is -0.952. The number of carboxylic acids is 2. The van der Waals surface area contributed by atoms with E-state index in [2.05, 4.69) is 60.7 Å². The van der Waals surface area contributed by atoms with E-state index >= 15 is 0 Å². The van der Waals surface area contributed by atoms with Gasteiger partial charge in [-0.25, -0.2) is 9.59 Å². The maximum atomic E-state index is 11.7. The minimum absolute atomic E-state index is 0.252. The Labute approximate surface area is 249 Å². The zero-order valence-corrected chi connectivity index (χ0v) is 23.1. The summed E-state index contributed by atoms with van der Waals surface area (Å²) in [7, 11) is 0. The van der Waals surface area contributed by atoms with Gasteiger partial charge in [-0.1, -0.05) is 97.1 Å². The molecule has 4 nitrogen and oxygen atoms in total. The number of rotatable bonds is 6. The Morgan fingerprint density at radius 2 is 0.930 bits per heavy atom. The number of hydrogen-bond donors (Lipinski definition) is 2. The molecule has 0 bridgehead atoms. The van der Waals surface area contributed by atoms with Gasteiger partial charge >= 0.3 is 11.9 Å². The van der Waals surface area contributed by atoms with Crippen molar-refractivity contribution in [1.29, 1.82) is 0 Å². The average molecular weight is 559 g/mol. The fourth-order valence-electron chi connectivity index (χ4n) is 6.17. The fraction of sp³-hybridized carbons (Fsp3) is 0.0256. The van der Waals surface area contributed by atoms with Gasteiger partial charge < -0.3 is 10.2 Å². The molecular weight excluding hydrogens is 532 g/mol. The first-order chi connectivity index (χ1) is 21.0. The lowest BCUT2D eigenvalue weighted by Crippen LogP contribution is -1.96. The maximum absolute atomic E-state index is 11.7. The van der Waals surface area contributed by atoms with E-state index in [0.29, 0.717) is 0 Å². The summed E-state index contributed by atoms with van der Waals surface area (Å²) in [6.45, 7) is 0. The lowest BCUT2D eigenvalue weighted by atomic mass is 9.86. The largest absolute Gasteiger partial charge is 0.478 e. The number of carbonyl (C=O) groups is 2. The molecule has 0 fully saturated rings. The molecule has 6 aromatic rings. The summed E-state index contributed by atoms with van der Waals surface area (Å²) < 4.78 is 0. The predicted molar refractivity (Wildman–Crippen MR) is 170 cm³/mol. The highest BCUT2D eigenvalue weighted by molar-refractivity contribution is 5.96. The maximum Gasteiger partial charge on any atom is 0.335 e. The predicted octanol–water partition coefficient (Wildman–Crippen LogP) is 9.32. The summed E-state index contributed by atoms with van der Waals surface area (Å²) in [4.78, 5) is 23.3. The molecule has 1 aliphatic rings. The molecule has 0 aromatic heterocycles. The summed E-state index contributed by atoms with van der Waals surface area (Å²) >= 11 is 0. The van der Waals surface area contributed by atoms with Gasteiger partial charge in [-0.05, 0) is 110 Å². The molecule has 0 atom stereocenters. The van der Waals surface area contributed by atoms with Crippen LogP contribution in [0.5, 0.6) is 0 Å². The van der Waals surface area contributed by atoms with E-state index in [-0.39, 0.29) is 11.1 Å². The Balaban J connectivity index is 1.41. The lowest BCUT2D eigenvalue weighted by molar-refractivity contribution is 0.0686. The molecule has 0 heterocycles. The molecule has 7 rings (SSSR count). The Kier molecular flexibility index (Phi) is 6.44. The van der Waals surface area contributed by atoms with Crippen LogP contribution in [0.1, 0.15) is 31.8 Å². The molecule has 0 radical (unpaired) electrons. The molecule has 0 amide bonds. The smallest absolute Gasteiger partial charge is 0.335 e. The molecule has 0 spiro atoms. The number of hydrogen-bond acceptors (Lipinski definition) is 2. The van der Waals surface area contributed by atoms with Gasteiger partial charge in [-0.2, -0.15) is 0 Å². The molecule has 0 saturated carbocycles. The van der Waals surface area contributed by atoms with Crippen molar-refractivity contribution in [2.24, 2.45) is 0 Å². The zero-order valence-electron chi connectivity index (χ0n) is 23.1. The first-order valence-electron chi connectivity index (χ1n) is 14.1. The van der Waals surface area contributed by atoms with Crippen LogP contribution in [-0.4, -0.2) is 22.2 Å². The van der Waals surface area contributed by atoms with Gasteiger partial charge in [0, 0.05) is 0 Å². The van der Waals surface area contributed by atoms with Crippen LogP contribution in [0.3, 0.4) is 0 Å². The Morgan fingerprint density at radius 3 is 1.56 bits per heavy atom. The van der Waals surface area contributed by atoms with Gasteiger partial charge in [0.2, 0.25) is 0 Å². The van der Waals surface area contributed by atoms with E-state index in [9.17, 15) is 19.8 Å². The van der Waals surface area contributed by atoms with E-state index in [1.807, 2.05) is 36.4 Å². The number of benzene rings is 6.